The zero-order chi connectivity index (χ0) is 16.4. The maximum absolute atomic E-state index is 11.6. The molecule has 0 aromatic heterocycles. The van der Waals surface area contributed by atoms with Gasteiger partial charge >= 0.3 is 6.09 Å². The number of ether oxygens (including phenoxy) is 2. The van der Waals surface area contributed by atoms with E-state index >= 15 is 0 Å². The van der Waals surface area contributed by atoms with E-state index in [1.165, 1.54) is 16.7 Å². The van der Waals surface area contributed by atoms with Gasteiger partial charge in [0.25, 0.3) is 0 Å². The van der Waals surface area contributed by atoms with Crippen LogP contribution < -0.4 is 0 Å². The van der Waals surface area contributed by atoms with Crippen LogP contribution in [0.2, 0.25) is 0 Å². The molecule has 0 spiro atoms. The van der Waals surface area contributed by atoms with E-state index < -0.39 is 0 Å². The number of rotatable bonds is 4. The number of carbonyl (C=O) groups excluding carboxylic acids is 1. The maximum atomic E-state index is 11.6. The van der Waals surface area contributed by atoms with Crippen LogP contribution in [0.3, 0.4) is 0 Å². The standard InChI is InChI=1S/C18H26N2O3/c1-13-4-5-14(2)16(10-13)17-11-20(15(3)12-23-17)7-6-19-8-9-22-18(19)21/h4-5,10,15,17H,6-9,11-12H2,1-3H3/t15-,17-/m1/s1. The van der Waals surface area contributed by atoms with E-state index in [0.29, 0.717) is 19.2 Å². The first-order valence-electron chi connectivity index (χ1n) is 8.39. The Hall–Kier alpha value is -1.59. The molecule has 2 aliphatic rings. The van der Waals surface area contributed by atoms with Gasteiger partial charge in [-0.1, -0.05) is 23.8 Å². The summed E-state index contributed by atoms with van der Waals surface area (Å²) in [4.78, 5) is 15.8. The fourth-order valence-electron chi connectivity index (χ4n) is 3.29. The molecule has 0 aliphatic carbocycles. The summed E-state index contributed by atoms with van der Waals surface area (Å²) in [7, 11) is 0. The molecule has 1 aromatic carbocycles. The largest absolute Gasteiger partial charge is 0.448 e. The Morgan fingerprint density at radius 1 is 1.26 bits per heavy atom. The average molecular weight is 318 g/mol. The van der Waals surface area contributed by atoms with E-state index in [1.54, 1.807) is 4.90 Å². The zero-order valence-electron chi connectivity index (χ0n) is 14.2. The van der Waals surface area contributed by atoms with E-state index in [-0.39, 0.29) is 12.2 Å². The number of hydrogen-bond donors (Lipinski definition) is 0. The van der Waals surface area contributed by atoms with Gasteiger partial charge in [-0.3, -0.25) is 4.90 Å². The molecule has 3 rings (SSSR count). The zero-order valence-corrected chi connectivity index (χ0v) is 14.2. The lowest BCUT2D eigenvalue weighted by Crippen LogP contribution is -2.48. The van der Waals surface area contributed by atoms with E-state index in [9.17, 15) is 4.79 Å². The number of aryl methyl sites for hydroxylation is 2. The van der Waals surface area contributed by atoms with E-state index in [1.807, 2.05) is 0 Å². The molecule has 2 fully saturated rings. The summed E-state index contributed by atoms with van der Waals surface area (Å²) in [6.45, 7) is 10.8. The van der Waals surface area contributed by atoms with E-state index in [0.717, 1.165) is 26.2 Å². The Labute approximate surface area is 138 Å². The first-order chi connectivity index (χ1) is 11.0. The highest BCUT2D eigenvalue weighted by atomic mass is 16.6. The number of hydrogen-bond acceptors (Lipinski definition) is 4. The molecule has 2 atom stereocenters. The molecule has 5 heteroatoms. The van der Waals surface area contributed by atoms with Gasteiger partial charge in [0.05, 0.1) is 19.3 Å². The normalized spacial score (nSPS) is 25.7. The Morgan fingerprint density at radius 3 is 2.83 bits per heavy atom. The number of carbonyl (C=O) groups is 1. The quantitative estimate of drug-likeness (QED) is 0.855. The van der Waals surface area contributed by atoms with Crippen LogP contribution in [-0.4, -0.2) is 61.3 Å². The summed E-state index contributed by atoms with van der Waals surface area (Å²) in [5.74, 6) is 0. The number of cyclic esters (lactones) is 1. The lowest BCUT2D eigenvalue weighted by Gasteiger charge is -2.39. The molecule has 2 aliphatic heterocycles. The highest BCUT2D eigenvalue weighted by molar-refractivity contribution is 5.69. The summed E-state index contributed by atoms with van der Waals surface area (Å²) in [6, 6.07) is 6.90. The first kappa shape index (κ1) is 16.3. The van der Waals surface area contributed by atoms with E-state index in [4.69, 9.17) is 9.47 Å². The molecule has 0 unspecified atom stereocenters. The van der Waals surface area contributed by atoms with Crippen LogP contribution in [0.5, 0.6) is 0 Å². The third-order valence-electron chi connectivity index (χ3n) is 4.85. The minimum Gasteiger partial charge on any atom is -0.448 e. The van der Waals surface area contributed by atoms with Gasteiger partial charge < -0.3 is 14.4 Å². The highest BCUT2D eigenvalue weighted by Crippen LogP contribution is 2.28. The minimum absolute atomic E-state index is 0.108. The molecule has 1 amide bonds. The first-order valence-corrected chi connectivity index (χ1v) is 8.39. The predicted molar refractivity (Wildman–Crippen MR) is 88.6 cm³/mol. The van der Waals surface area contributed by atoms with Crippen molar-refractivity contribution in [2.24, 2.45) is 0 Å². The number of nitrogens with zero attached hydrogens (tertiary/aromatic N) is 2. The number of amides is 1. The van der Waals surface area contributed by atoms with E-state index in [2.05, 4.69) is 43.9 Å². The van der Waals surface area contributed by atoms with Crippen molar-refractivity contribution < 1.29 is 14.3 Å². The van der Waals surface area contributed by atoms with Gasteiger partial charge in [-0.15, -0.1) is 0 Å². The fraction of sp³-hybridized carbons (Fsp3) is 0.611. The van der Waals surface area contributed by atoms with Crippen molar-refractivity contribution in [2.75, 3.05) is 39.4 Å². The van der Waals surface area contributed by atoms with Gasteiger partial charge in [-0.25, -0.2) is 4.79 Å². The number of benzene rings is 1. The summed E-state index contributed by atoms with van der Waals surface area (Å²) in [5, 5.41) is 0. The SMILES string of the molecule is Cc1ccc(C)c([C@H]2CN(CCN3CCOC3=O)[C@H](C)CO2)c1. The summed E-state index contributed by atoms with van der Waals surface area (Å²) >= 11 is 0. The maximum Gasteiger partial charge on any atom is 0.409 e. The van der Waals surface area contributed by atoms with Crippen LogP contribution in [0.1, 0.15) is 29.7 Å². The minimum atomic E-state index is -0.183. The molecule has 1 aromatic rings. The van der Waals surface area contributed by atoms with Crippen LogP contribution in [0.25, 0.3) is 0 Å². The molecular weight excluding hydrogens is 292 g/mol. The molecule has 23 heavy (non-hydrogen) atoms. The molecular formula is C18H26N2O3. The second kappa shape index (κ2) is 6.89. The Bertz CT molecular complexity index is 575. The van der Waals surface area contributed by atoms with Crippen molar-refractivity contribution in [1.82, 2.24) is 9.80 Å². The topological polar surface area (TPSA) is 42.0 Å². The van der Waals surface area contributed by atoms with Gasteiger partial charge in [0, 0.05) is 25.7 Å². The molecule has 0 N–H and O–H groups in total. The molecule has 5 nitrogen and oxygen atoms in total. The van der Waals surface area contributed by atoms with Crippen molar-refractivity contribution in [3.8, 4) is 0 Å². The van der Waals surface area contributed by atoms with Crippen LogP contribution in [0.15, 0.2) is 18.2 Å². The van der Waals surface area contributed by atoms with Crippen LogP contribution >= 0.6 is 0 Å². The fourth-order valence-corrected chi connectivity index (χ4v) is 3.29. The van der Waals surface area contributed by atoms with Gasteiger partial charge in [0.2, 0.25) is 0 Å². The summed E-state index contributed by atoms with van der Waals surface area (Å²) in [5.41, 5.74) is 3.82. The molecule has 0 bridgehead atoms. The van der Waals surface area contributed by atoms with Crippen LogP contribution in [-0.2, 0) is 9.47 Å². The van der Waals surface area contributed by atoms with Crippen molar-refractivity contribution in [2.45, 2.75) is 32.9 Å². The Balaban J connectivity index is 1.64. The van der Waals surface area contributed by atoms with Crippen molar-refractivity contribution >= 4 is 6.09 Å². The summed E-state index contributed by atoms with van der Waals surface area (Å²) < 4.78 is 11.1. The Morgan fingerprint density at radius 2 is 2.09 bits per heavy atom. The number of morpholine rings is 1. The second-order valence-corrected chi connectivity index (χ2v) is 6.63. The third-order valence-corrected chi connectivity index (χ3v) is 4.85. The molecule has 0 saturated carbocycles. The smallest absolute Gasteiger partial charge is 0.409 e. The van der Waals surface area contributed by atoms with Gasteiger partial charge in [-0.2, -0.15) is 0 Å². The average Bonchev–Trinajstić information content (AvgIpc) is 2.94. The second-order valence-electron chi connectivity index (χ2n) is 6.63. The van der Waals surface area contributed by atoms with Gasteiger partial charge in [-0.05, 0) is 31.9 Å². The Kier molecular flexibility index (Phi) is 4.87. The van der Waals surface area contributed by atoms with Crippen LogP contribution in [0, 0.1) is 13.8 Å². The molecule has 2 heterocycles. The van der Waals surface area contributed by atoms with Crippen molar-refractivity contribution in [3.05, 3.63) is 34.9 Å². The summed E-state index contributed by atoms with van der Waals surface area (Å²) in [6.07, 6.45) is -0.0754. The van der Waals surface area contributed by atoms with Crippen LogP contribution in [0.4, 0.5) is 4.79 Å². The van der Waals surface area contributed by atoms with Gasteiger partial charge in [0.1, 0.15) is 6.61 Å². The third kappa shape index (κ3) is 3.67. The molecule has 0 radical (unpaired) electrons. The lowest BCUT2D eigenvalue weighted by atomic mass is 9.99. The predicted octanol–water partition coefficient (Wildman–Crippen LogP) is 2.52. The highest BCUT2D eigenvalue weighted by Gasteiger charge is 2.29. The lowest BCUT2D eigenvalue weighted by molar-refractivity contribution is -0.0611. The monoisotopic (exact) mass is 318 g/mol. The molecule has 2 saturated heterocycles. The molecule has 126 valence electrons. The van der Waals surface area contributed by atoms with Gasteiger partial charge in [0.15, 0.2) is 0 Å². The van der Waals surface area contributed by atoms with Crippen molar-refractivity contribution in [1.29, 1.82) is 0 Å². The van der Waals surface area contributed by atoms with Crippen molar-refractivity contribution in [3.63, 3.8) is 0 Å².